The number of non-ortho nitro benzene ring substituents is 1. The number of rotatable bonds is 10. The number of nitro benzene ring substituents is 1. The van der Waals surface area contributed by atoms with Crippen molar-refractivity contribution in [3.63, 3.8) is 0 Å². The molecule has 10 nitrogen and oxygen atoms in total. The fourth-order valence-corrected chi connectivity index (χ4v) is 2.71. The van der Waals surface area contributed by atoms with E-state index >= 15 is 0 Å². The summed E-state index contributed by atoms with van der Waals surface area (Å²) in [6.07, 6.45) is 0. The van der Waals surface area contributed by atoms with Gasteiger partial charge in [-0.15, -0.1) is 0 Å². The molecule has 29 heavy (non-hydrogen) atoms. The van der Waals surface area contributed by atoms with Crippen LogP contribution >= 0.6 is 11.6 Å². The van der Waals surface area contributed by atoms with E-state index < -0.39 is 10.8 Å². The third-order valence-electron chi connectivity index (χ3n) is 3.83. The summed E-state index contributed by atoms with van der Waals surface area (Å²) in [5.41, 5.74) is 1.08. The van der Waals surface area contributed by atoms with Crippen molar-refractivity contribution in [2.75, 3.05) is 49.9 Å². The molecule has 0 atom stereocenters. The smallest absolute Gasteiger partial charge is 0.271 e. The first-order valence-electron chi connectivity index (χ1n) is 8.48. The first-order chi connectivity index (χ1) is 13.9. The van der Waals surface area contributed by atoms with E-state index in [0.717, 1.165) is 0 Å². The summed E-state index contributed by atoms with van der Waals surface area (Å²) in [5.74, 6) is 0.334. The molecule has 2 aromatic carbocycles. The van der Waals surface area contributed by atoms with Crippen LogP contribution in [-0.4, -0.2) is 49.9 Å². The topological polar surface area (TPSA) is 135 Å². The number of carbonyl (C=O) groups excluding carboxylic acids is 1. The van der Waals surface area contributed by atoms with Crippen molar-refractivity contribution in [1.82, 2.24) is 0 Å². The van der Waals surface area contributed by atoms with Crippen molar-refractivity contribution >= 4 is 40.3 Å². The van der Waals surface area contributed by atoms with Gasteiger partial charge in [-0.1, -0.05) is 11.6 Å². The molecule has 0 spiro atoms. The van der Waals surface area contributed by atoms with Crippen LogP contribution in [0.5, 0.6) is 11.5 Å². The quantitative estimate of drug-likeness (QED) is 0.337. The molecular weight excluding hydrogens is 404 g/mol. The van der Waals surface area contributed by atoms with Crippen LogP contribution in [0.2, 0.25) is 5.02 Å². The number of nitrogens with zero attached hydrogens (tertiary/aromatic N) is 1. The zero-order chi connectivity index (χ0) is 21.4. The predicted octanol–water partition coefficient (Wildman–Crippen LogP) is 2.72. The van der Waals surface area contributed by atoms with Crippen LogP contribution in [-0.2, 0) is 4.79 Å². The normalized spacial score (nSPS) is 10.2. The lowest BCUT2D eigenvalue weighted by atomic mass is 10.2. The summed E-state index contributed by atoms with van der Waals surface area (Å²) in [6.45, 7) is -0.0447. The number of amides is 1. The van der Waals surface area contributed by atoms with Gasteiger partial charge >= 0.3 is 0 Å². The Kier molecular flexibility index (Phi) is 7.87. The second-order valence-electron chi connectivity index (χ2n) is 5.73. The summed E-state index contributed by atoms with van der Waals surface area (Å²) in [6, 6.07) is 7.18. The van der Waals surface area contributed by atoms with Gasteiger partial charge in [-0.05, 0) is 12.1 Å². The van der Waals surface area contributed by atoms with Gasteiger partial charge in [0.2, 0.25) is 5.91 Å². The molecule has 0 aromatic heterocycles. The molecule has 0 aliphatic heterocycles. The van der Waals surface area contributed by atoms with Crippen LogP contribution in [0.1, 0.15) is 0 Å². The number of aliphatic hydroxyl groups is 1. The molecule has 0 unspecified atom stereocenters. The lowest BCUT2D eigenvalue weighted by Gasteiger charge is -2.15. The number of anilines is 3. The second-order valence-corrected chi connectivity index (χ2v) is 6.13. The van der Waals surface area contributed by atoms with Gasteiger partial charge in [0, 0.05) is 24.7 Å². The Morgan fingerprint density at radius 3 is 2.45 bits per heavy atom. The van der Waals surface area contributed by atoms with Crippen LogP contribution in [0.4, 0.5) is 22.7 Å². The Morgan fingerprint density at radius 2 is 1.83 bits per heavy atom. The maximum Gasteiger partial charge on any atom is 0.271 e. The van der Waals surface area contributed by atoms with Crippen molar-refractivity contribution in [3.05, 3.63) is 45.5 Å². The zero-order valence-electron chi connectivity index (χ0n) is 15.8. The number of benzene rings is 2. The molecule has 0 aliphatic carbocycles. The van der Waals surface area contributed by atoms with Crippen molar-refractivity contribution < 1.29 is 24.3 Å². The van der Waals surface area contributed by atoms with Gasteiger partial charge in [0.25, 0.3) is 5.69 Å². The van der Waals surface area contributed by atoms with Crippen molar-refractivity contribution in [3.8, 4) is 11.5 Å². The van der Waals surface area contributed by atoms with Crippen molar-refractivity contribution in [2.45, 2.75) is 0 Å². The molecule has 1 amide bonds. The number of carbonyl (C=O) groups is 1. The van der Waals surface area contributed by atoms with E-state index in [4.69, 9.17) is 26.2 Å². The molecule has 0 radical (unpaired) electrons. The number of hydrogen-bond donors (Lipinski definition) is 4. The monoisotopic (exact) mass is 424 g/mol. The summed E-state index contributed by atoms with van der Waals surface area (Å²) < 4.78 is 10.3. The van der Waals surface area contributed by atoms with E-state index in [1.807, 2.05) is 0 Å². The first-order valence-corrected chi connectivity index (χ1v) is 8.85. The number of aliphatic hydroxyl groups excluding tert-OH is 1. The number of hydrogen-bond acceptors (Lipinski definition) is 8. The van der Waals surface area contributed by atoms with E-state index in [2.05, 4.69) is 16.0 Å². The number of halogens is 1. The molecule has 2 aromatic rings. The van der Waals surface area contributed by atoms with Gasteiger partial charge in [-0.25, -0.2) is 0 Å². The number of nitrogens with one attached hydrogen (secondary N) is 3. The highest BCUT2D eigenvalue weighted by Crippen LogP contribution is 2.36. The van der Waals surface area contributed by atoms with Crippen LogP contribution in [0.15, 0.2) is 30.3 Å². The second kappa shape index (κ2) is 10.3. The lowest BCUT2D eigenvalue weighted by molar-refractivity contribution is -0.384. The van der Waals surface area contributed by atoms with Gasteiger partial charge in [0.05, 0.1) is 54.4 Å². The molecule has 0 saturated heterocycles. The molecule has 0 fully saturated rings. The predicted molar refractivity (Wildman–Crippen MR) is 110 cm³/mol. The van der Waals surface area contributed by atoms with Gasteiger partial charge < -0.3 is 30.5 Å². The van der Waals surface area contributed by atoms with Gasteiger partial charge in [0.15, 0.2) is 0 Å². The molecular formula is C18H21ClN4O6. The Hall–Kier alpha value is -3.24. The molecule has 156 valence electrons. The van der Waals surface area contributed by atoms with Crippen LogP contribution in [0, 0.1) is 10.1 Å². The summed E-state index contributed by atoms with van der Waals surface area (Å²) in [4.78, 5) is 22.8. The molecule has 0 heterocycles. The minimum atomic E-state index is -0.536. The zero-order valence-corrected chi connectivity index (χ0v) is 16.6. The average Bonchev–Trinajstić information content (AvgIpc) is 2.71. The lowest BCUT2D eigenvalue weighted by Crippen LogP contribution is -2.22. The third kappa shape index (κ3) is 5.87. The number of ether oxygens (including phenoxy) is 2. The van der Waals surface area contributed by atoms with E-state index in [-0.39, 0.29) is 25.4 Å². The van der Waals surface area contributed by atoms with Crippen molar-refractivity contribution in [1.29, 1.82) is 0 Å². The summed E-state index contributed by atoms with van der Waals surface area (Å²) >= 11 is 6.09. The highest BCUT2D eigenvalue weighted by atomic mass is 35.5. The largest absolute Gasteiger partial charge is 0.495 e. The Morgan fingerprint density at radius 1 is 1.10 bits per heavy atom. The maximum atomic E-state index is 12.4. The minimum Gasteiger partial charge on any atom is -0.495 e. The van der Waals surface area contributed by atoms with Crippen LogP contribution in [0.3, 0.4) is 0 Å². The van der Waals surface area contributed by atoms with Crippen LogP contribution in [0.25, 0.3) is 0 Å². The Balaban J connectivity index is 2.13. The fourth-order valence-electron chi connectivity index (χ4n) is 2.46. The van der Waals surface area contributed by atoms with Gasteiger partial charge in [0.1, 0.15) is 11.5 Å². The fraction of sp³-hybridized carbons (Fsp3) is 0.278. The number of nitro groups is 1. The Bertz CT molecular complexity index is 893. The molecule has 0 bridgehead atoms. The maximum absolute atomic E-state index is 12.4. The van der Waals surface area contributed by atoms with Gasteiger partial charge in [-0.2, -0.15) is 0 Å². The standard InChI is InChI=1S/C18H21ClN4O6/c1-28-16-9-17(29-2)15(8-12(16)19)22-18(25)10-21-14-7-11(23(26)27)3-4-13(14)20-5-6-24/h3-4,7-9,20-21,24H,5-6,10H2,1-2H3,(H,22,25). The summed E-state index contributed by atoms with van der Waals surface area (Å²) in [7, 11) is 2.91. The molecule has 2 rings (SSSR count). The molecule has 4 N–H and O–H groups in total. The molecule has 11 heteroatoms. The average molecular weight is 425 g/mol. The van der Waals surface area contributed by atoms with E-state index in [0.29, 0.717) is 33.6 Å². The Labute approximate surface area is 171 Å². The highest BCUT2D eigenvalue weighted by molar-refractivity contribution is 6.32. The highest BCUT2D eigenvalue weighted by Gasteiger charge is 2.14. The molecule has 0 aliphatic rings. The number of methoxy groups -OCH3 is 2. The molecule has 0 saturated carbocycles. The van der Waals surface area contributed by atoms with E-state index in [1.54, 1.807) is 6.07 Å². The van der Waals surface area contributed by atoms with E-state index in [1.165, 1.54) is 38.5 Å². The van der Waals surface area contributed by atoms with Crippen molar-refractivity contribution in [2.24, 2.45) is 0 Å². The van der Waals surface area contributed by atoms with Crippen LogP contribution < -0.4 is 25.4 Å². The van der Waals surface area contributed by atoms with Gasteiger partial charge in [-0.3, -0.25) is 14.9 Å². The summed E-state index contributed by atoms with van der Waals surface area (Å²) in [5, 5.41) is 28.7. The minimum absolute atomic E-state index is 0.116. The third-order valence-corrected chi connectivity index (χ3v) is 4.12. The SMILES string of the molecule is COc1cc(OC)c(NC(=O)CNc2cc([N+](=O)[O-])ccc2NCCO)cc1Cl. The first kappa shape index (κ1) is 22.1. The van der Waals surface area contributed by atoms with E-state index in [9.17, 15) is 14.9 Å².